The fourth-order valence-electron chi connectivity index (χ4n) is 3.31. The van der Waals surface area contributed by atoms with E-state index < -0.39 is 32.5 Å². The van der Waals surface area contributed by atoms with Gasteiger partial charge >= 0.3 is 0 Å². The molecule has 3 aromatic rings. The molecular formula is C22H23N5O7S2. The van der Waals surface area contributed by atoms with Crippen LogP contribution in [0.3, 0.4) is 0 Å². The van der Waals surface area contributed by atoms with Gasteiger partial charge in [0.05, 0.1) is 16.8 Å². The number of ether oxygens (including phenoxy) is 2. The minimum absolute atomic E-state index is 0.0626. The number of carbonyl (C=O) groups excluding carboxylic acids is 1. The molecule has 1 aliphatic heterocycles. The Morgan fingerprint density at radius 2 is 1.69 bits per heavy atom. The first-order valence-corrected chi connectivity index (χ1v) is 13.9. The highest BCUT2D eigenvalue weighted by Gasteiger charge is 2.24. The number of hydrogen-bond acceptors (Lipinski definition) is 9. The van der Waals surface area contributed by atoms with Crippen LogP contribution in [0.4, 0.5) is 17.3 Å². The van der Waals surface area contributed by atoms with E-state index in [-0.39, 0.29) is 22.2 Å². The Bertz CT molecular complexity index is 1490. The van der Waals surface area contributed by atoms with Crippen molar-refractivity contribution < 1.29 is 31.1 Å². The van der Waals surface area contributed by atoms with Gasteiger partial charge in [0.15, 0.2) is 11.5 Å². The van der Waals surface area contributed by atoms with E-state index in [2.05, 4.69) is 20.0 Å². The zero-order valence-electron chi connectivity index (χ0n) is 19.3. The summed E-state index contributed by atoms with van der Waals surface area (Å²) >= 11 is 0. The average molecular weight is 534 g/mol. The van der Waals surface area contributed by atoms with Crippen LogP contribution in [0.2, 0.25) is 0 Å². The predicted molar refractivity (Wildman–Crippen MR) is 132 cm³/mol. The average Bonchev–Trinajstić information content (AvgIpc) is 2.81. The number of carbonyl (C=O) groups is 1. The number of aryl methyl sites for hydroxylation is 1. The molecule has 2 N–H and O–H groups in total. The van der Waals surface area contributed by atoms with Gasteiger partial charge < -0.3 is 14.8 Å². The largest absolute Gasteiger partial charge is 0.486 e. The Morgan fingerprint density at radius 3 is 2.36 bits per heavy atom. The molecule has 1 aromatic heterocycles. The highest BCUT2D eigenvalue weighted by molar-refractivity contribution is 7.92. The maximum Gasteiger partial charge on any atom is 0.264 e. The predicted octanol–water partition coefficient (Wildman–Crippen LogP) is 1.76. The molecule has 12 nitrogen and oxygen atoms in total. The fourth-order valence-corrected chi connectivity index (χ4v) is 5.11. The number of sulfonamides is 2. The third-order valence-electron chi connectivity index (χ3n) is 4.97. The molecule has 14 heteroatoms. The van der Waals surface area contributed by atoms with E-state index >= 15 is 0 Å². The Balaban J connectivity index is 1.45. The van der Waals surface area contributed by atoms with Gasteiger partial charge in [0.25, 0.3) is 10.0 Å². The first-order chi connectivity index (χ1) is 17.0. The van der Waals surface area contributed by atoms with Gasteiger partial charge in [-0.3, -0.25) is 9.10 Å². The number of rotatable bonds is 8. The van der Waals surface area contributed by atoms with Crippen molar-refractivity contribution in [3.8, 4) is 11.5 Å². The van der Waals surface area contributed by atoms with Crippen molar-refractivity contribution in [1.82, 2.24) is 9.97 Å². The van der Waals surface area contributed by atoms with Crippen molar-refractivity contribution in [2.45, 2.75) is 11.8 Å². The molecule has 0 fully saturated rings. The van der Waals surface area contributed by atoms with Crippen LogP contribution in [0, 0.1) is 6.92 Å². The molecular weight excluding hydrogens is 510 g/mol. The van der Waals surface area contributed by atoms with Crippen LogP contribution in [0.1, 0.15) is 5.69 Å². The van der Waals surface area contributed by atoms with Crippen LogP contribution in [0.25, 0.3) is 0 Å². The molecule has 2 heterocycles. The van der Waals surface area contributed by atoms with E-state index in [9.17, 15) is 21.6 Å². The molecule has 0 saturated carbocycles. The second-order valence-corrected chi connectivity index (χ2v) is 11.4. The van der Waals surface area contributed by atoms with Gasteiger partial charge in [-0.25, -0.2) is 31.5 Å². The molecule has 0 spiro atoms. The zero-order valence-corrected chi connectivity index (χ0v) is 21.0. The van der Waals surface area contributed by atoms with Crippen LogP contribution in [0.5, 0.6) is 11.5 Å². The number of nitrogens with zero attached hydrogens (tertiary/aromatic N) is 3. The van der Waals surface area contributed by atoms with Gasteiger partial charge in [0, 0.05) is 23.6 Å². The Kier molecular flexibility index (Phi) is 6.99. The third-order valence-corrected chi connectivity index (χ3v) is 7.45. The lowest BCUT2D eigenvalue weighted by Crippen LogP contribution is -2.37. The summed E-state index contributed by atoms with van der Waals surface area (Å²) in [5.41, 5.74) is 1.12. The lowest BCUT2D eigenvalue weighted by Gasteiger charge is -2.24. The third kappa shape index (κ3) is 6.01. The molecule has 190 valence electrons. The topological polar surface area (TPSA) is 157 Å². The smallest absolute Gasteiger partial charge is 0.264 e. The van der Waals surface area contributed by atoms with Crippen LogP contribution in [-0.4, -0.2) is 58.7 Å². The summed E-state index contributed by atoms with van der Waals surface area (Å²) in [5, 5.41) is 2.57. The summed E-state index contributed by atoms with van der Waals surface area (Å²) in [6.07, 6.45) is 2.42. The molecule has 1 amide bonds. The monoisotopic (exact) mass is 533 g/mol. The normalized spacial score (nSPS) is 13.1. The molecule has 0 unspecified atom stereocenters. The molecule has 4 rings (SSSR count). The second kappa shape index (κ2) is 9.99. The number of nitrogens with one attached hydrogen (secondary N) is 2. The van der Waals surface area contributed by atoms with Gasteiger partial charge in [-0.15, -0.1) is 0 Å². The number of amides is 1. The summed E-state index contributed by atoms with van der Waals surface area (Å²) in [6, 6.07) is 11.6. The Morgan fingerprint density at radius 1 is 1.00 bits per heavy atom. The van der Waals surface area contributed by atoms with Gasteiger partial charge in [-0.2, -0.15) is 0 Å². The summed E-state index contributed by atoms with van der Waals surface area (Å²) in [7, 11) is -7.77. The maximum atomic E-state index is 12.7. The highest BCUT2D eigenvalue weighted by Crippen LogP contribution is 2.34. The van der Waals surface area contributed by atoms with Crippen LogP contribution in [-0.2, 0) is 24.8 Å². The second-order valence-electron chi connectivity index (χ2n) is 7.80. The molecule has 1 aliphatic rings. The lowest BCUT2D eigenvalue weighted by molar-refractivity contribution is -0.114. The van der Waals surface area contributed by atoms with Gasteiger partial charge in [0.1, 0.15) is 19.8 Å². The highest BCUT2D eigenvalue weighted by atomic mass is 32.2. The molecule has 0 bridgehead atoms. The SMILES string of the molecule is Cc1ccnc(NS(=O)(=O)c2ccc(NC(=O)CN(c3ccc4c(c3)OCCO4)S(C)(=O)=O)cc2)n1. The Labute approximate surface area is 208 Å². The van der Waals surface area contributed by atoms with Gasteiger partial charge in [-0.1, -0.05) is 0 Å². The van der Waals surface area contributed by atoms with Crippen LogP contribution < -0.4 is 23.8 Å². The number of anilines is 3. The minimum atomic E-state index is -3.95. The number of fused-ring (bicyclic) bond motifs is 1. The van der Waals surface area contributed by atoms with Gasteiger partial charge in [-0.05, 0) is 49.4 Å². The summed E-state index contributed by atoms with van der Waals surface area (Å²) in [4.78, 5) is 20.5. The van der Waals surface area contributed by atoms with E-state index in [4.69, 9.17) is 9.47 Å². The Hall–Kier alpha value is -3.91. The number of aromatic nitrogens is 2. The van der Waals surface area contributed by atoms with Crippen LogP contribution in [0.15, 0.2) is 59.6 Å². The van der Waals surface area contributed by atoms with Gasteiger partial charge in [0.2, 0.25) is 21.9 Å². The molecule has 0 radical (unpaired) electrons. The van der Waals surface area contributed by atoms with Crippen molar-refractivity contribution in [2.24, 2.45) is 0 Å². The standard InChI is InChI=1S/C22H23N5O7S2/c1-15-9-10-23-22(24-15)26-36(31,32)18-6-3-16(4-7-18)25-21(28)14-27(35(2,29)30)17-5-8-19-20(13-17)34-12-11-33-19/h3-10,13H,11-12,14H2,1-2H3,(H,25,28)(H,23,24,26). The first-order valence-electron chi connectivity index (χ1n) is 10.6. The van der Waals surface area contributed by atoms with Crippen molar-refractivity contribution >= 4 is 43.3 Å². The number of hydrogen-bond donors (Lipinski definition) is 2. The summed E-state index contributed by atoms with van der Waals surface area (Å²) < 4.78 is 64.2. The van der Waals surface area contributed by atoms with Crippen LogP contribution >= 0.6 is 0 Å². The minimum Gasteiger partial charge on any atom is -0.486 e. The zero-order chi connectivity index (χ0) is 25.9. The summed E-state index contributed by atoms with van der Waals surface area (Å²) in [5.74, 6) is 0.181. The lowest BCUT2D eigenvalue weighted by atomic mass is 10.2. The van der Waals surface area contributed by atoms with Crippen molar-refractivity contribution in [1.29, 1.82) is 0 Å². The maximum absolute atomic E-state index is 12.7. The number of benzene rings is 2. The molecule has 0 aliphatic carbocycles. The van der Waals surface area contributed by atoms with E-state index in [1.807, 2.05) is 0 Å². The molecule has 0 saturated heterocycles. The molecule has 36 heavy (non-hydrogen) atoms. The van der Waals surface area contributed by atoms with E-state index in [1.54, 1.807) is 19.1 Å². The van der Waals surface area contributed by atoms with E-state index in [1.165, 1.54) is 42.6 Å². The molecule has 2 aromatic carbocycles. The fraction of sp³-hybridized carbons (Fsp3) is 0.227. The van der Waals surface area contributed by atoms with E-state index in [0.717, 1.165) is 10.6 Å². The van der Waals surface area contributed by atoms with Crippen molar-refractivity contribution in [3.63, 3.8) is 0 Å². The van der Waals surface area contributed by atoms with E-state index in [0.29, 0.717) is 30.4 Å². The van der Waals surface area contributed by atoms with Crippen molar-refractivity contribution in [3.05, 3.63) is 60.4 Å². The van der Waals surface area contributed by atoms with Crippen molar-refractivity contribution in [2.75, 3.05) is 40.4 Å². The quantitative estimate of drug-likeness (QED) is 0.440. The summed E-state index contributed by atoms with van der Waals surface area (Å²) in [6.45, 7) is 1.91. The molecule has 0 atom stereocenters. The first kappa shape index (κ1) is 25.2.